The Morgan fingerprint density at radius 1 is 0.929 bits per heavy atom. The molecule has 144 valence electrons. The van der Waals surface area contributed by atoms with Crippen molar-refractivity contribution < 1.29 is 4.42 Å². The summed E-state index contributed by atoms with van der Waals surface area (Å²) < 4.78 is 5.94. The first-order chi connectivity index (χ1) is 13.0. The summed E-state index contributed by atoms with van der Waals surface area (Å²) in [6.07, 6.45) is 2.12. The molecule has 0 fully saturated rings. The molecule has 3 nitrogen and oxygen atoms in total. The van der Waals surface area contributed by atoms with Gasteiger partial charge >= 0.3 is 0 Å². The van der Waals surface area contributed by atoms with Gasteiger partial charge in [0.25, 0.3) is 0 Å². The Labute approximate surface area is 167 Å². The van der Waals surface area contributed by atoms with Gasteiger partial charge in [0.2, 0.25) is 5.71 Å². The number of pyridine rings is 2. The highest BCUT2D eigenvalue weighted by Gasteiger charge is 2.27. The number of nitrogens with zero attached hydrogens (tertiary/aromatic N) is 2. The molecule has 0 aliphatic carbocycles. The lowest BCUT2D eigenvalue weighted by molar-refractivity contribution is 0.593. The summed E-state index contributed by atoms with van der Waals surface area (Å²) in [4.78, 5) is 9.39. The summed E-state index contributed by atoms with van der Waals surface area (Å²) in [6, 6.07) is 12.7. The van der Waals surface area contributed by atoms with Crippen LogP contribution >= 0.6 is 0 Å². The van der Waals surface area contributed by atoms with Gasteiger partial charge < -0.3 is 4.42 Å². The maximum atomic E-state index is 5.94. The van der Waals surface area contributed by atoms with Crippen LogP contribution in [-0.4, -0.2) is 18.0 Å². The normalized spacial score (nSPS) is 12.8. The molecule has 0 bridgehead atoms. The maximum Gasteiger partial charge on any atom is 0.227 e. The van der Waals surface area contributed by atoms with Crippen LogP contribution < -0.4 is 5.19 Å². The Hall–Kier alpha value is -2.46. The molecule has 3 heterocycles. The van der Waals surface area contributed by atoms with E-state index in [2.05, 4.69) is 75.9 Å². The lowest BCUT2D eigenvalue weighted by Crippen LogP contribution is -2.43. The smallest absolute Gasteiger partial charge is 0.227 e. The van der Waals surface area contributed by atoms with Gasteiger partial charge in [-0.15, -0.1) is 0 Å². The predicted molar refractivity (Wildman–Crippen MR) is 121 cm³/mol. The zero-order valence-electron chi connectivity index (χ0n) is 17.8. The van der Waals surface area contributed by atoms with Crippen LogP contribution in [0.25, 0.3) is 33.3 Å². The molecule has 0 saturated heterocycles. The number of fused-ring (bicyclic) bond motifs is 3. The predicted octanol–water partition coefficient (Wildman–Crippen LogP) is 6.19. The minimum atomic E-state index is -1.47. The molecule has 0 unspecified atom stereocenters. The number of aryl methyl sites for hydroxylation is 1. The second-order valence-corrected chi connectivity index (χ2v) is 14.8. The first-order valence-electron chi connectivity index (χ1n) is 9.85. The van der Waals surface area contributed by atoms with E-state index < -0.39 is 8.07 Å². The molecule has 0 aliphatic rings. The minimum absolute atomic E-state index is 0.0845. The molecular formula is C24H28N2OSi. The molecule has 0 amide bonds. The van der Waals surface area contributed by atoms with E-state index in [1.807, 2.05) is 19.1 Å². The zero-order chi connectivity index (χ0) is 20.3. The van der Waals surface area contributed by atoms with Crippen molar-refractivity contribution in [3.63, 3.8) is 0 Å². The van der Waals surface area contributed by atoms with Crippen LogP contribution in [0.4, 0.5) is 0 Å². The Balaban J connectivity index is 1.91. The molecular weight excluding hydrogens is 360 g/mol. The molecule has 28 heavy (non-hydrogen) atoms. The standard InChI is InChI=1S/C24H28N2OSi/c1-15-8-10-17-18-12-16(9-11-21(18)27-23(17)26-15)20-13-19(24(2,3)4)22(14-25-20)28(5,6)7/h8-14H,1-7H3. The topological polar surface area (TPSA) is 38.9 Å². The molecule has 0 atom stereocenters. The zero-order valence-corrected chi connectivity index (χ0v) is 18.8. The van der Waals surface area contributed by atoms with Crippen LogP contribution in [-0.2, 0) is 5.41 Å². The van der Waals surface area contributed by atoms with Gasteiger partial charge in [-0.3, -0.25) is 4.98 Å². The minimum Gasteiger partial charge on any atom is -0.438 e. The third-order valence-electron chi connectivity index (χ3n) is 5.29. The second-order valence-electron chi connectivity index (χ2n) is 9.73. The Bertz CT molecular complexity index is 1190. The van der Waals surface area contributed by atoms with Crippen molar-refractivity contribution in [3.05, 3.63) is 53.9 Å². The van der Waals surface area contributed by atoms with Crippen LogP contribution in [0.3, 0.4) is 0 Å². The number of aromatic nitrogens is 2. The Kier molecular flexibility index (Phi) is 4.23. The molecule has 4 aromatic rings. The summed E-state index contributed by atoms with van der Waals surface area (Å²) in [7, 11) is -1.47. The Morgan fingerprint density at radius 2 is 1.68 bits per heavy atom. The van der Waals surface area contributed by atoms with Gasteiger partial charge in [-0.25, -0.2) is 4.98 Å². The van der Waals surface area contributed by atoms with Crippen molar-refractivity contribution in [2.45, 2.75) is 52.8 Å². The van der Waals surface area contributed by atoms with Crippen molar-refractivity contribution in [1.82, 2.24) is 9.97 Å². The average molecular weight is 389 g/mol. The summed E-state index contributed by atoms with van der Waals surface area (Å²) in [5, 5.41) is 3.59. The van der Waals surface area contributed by atoms with E-state index in [0.29, 0.717) is 5.71 Å². The van der Waals surface area contributed by atoms with Crippen molar-refractivity contribution in [3.8, 4) is 11.3 Å². The highest BCUT2D eigenvalue weighted by Crippen LogP contribution is 2.32. The molecule has 4 heteroatoms. The molecule has 0 saturated carbocycles. The molecule has 4 rings (SSSR count). The van der Waals surface area contributed by atoms with Crippen LogP contribution in [0.2, 0.25) is 19.6 Å². The average Bonchev–Trinajstić information content (AvgIpc) is 2.96. The van der Waals surface area contributed by atoms with Crippen molar-refractivity contribution >= 4 is 35.3 Å². The third kappa shape index (κ3) is 3.26. The van der Waals surface area contributed by atoms with Crippen LogP contribution in [0.15, 0.2) is 47.0 Å². The van der Waals surface area contributed by atoms with Gasteiger partial charge in [0, 0.05) is 28.2 Å². The quantitative estimate of drug-likeness (QED) is 0.384. The molecule has 1 aromatic carbocycles. The first kappa shape index (κ1) is 18.9. The van der Waals surface area contributed by atoms with E-state index in [1.54, 1.807) is 0 Å². The maximum absolute atomic E-state index is 5.94. The summed E-state index contributed by atoms with van der Waals surface area (Å²) in [5.41, 5.74) is 6.15. The SMILES string of the molecule is Cc1ccc2c(n1)oc1ccc(-c3cc(C(C)(C)C)c([Si](C)(C)C)cn3)cc12. The Morgan fingerprint density at radius 3 is 2.36 bits per heavy atom. The highest BCUT2D eigenvalue weighted by molar-refractivity contribution is 6.89. The molecule has 3 aromatic heterocycles. The van der Waals surface area contributed by atoms with Gasteiger partial charge in [0.1, 0.15) is 5.58 Å². The molecule has 0 aliphatic heterocycles. The number of hydrogen-bond donors (Lipinski definition) is 0. The van der Waals surface area contributed by atoms with E-state index in [-0.39, 0.29) is 5.41 Å². The first-order valence-corrected chi connectivity index (χ1v) is 13.4. The van der Waals surface area contributed by atoms with Crippen molar-refractivity contribution in [2.24, 2.45) is 0 Å². The van der Waals surface area contributed by atoms with Crippen molar-refractivity contribution in [2.75, 3.05) is 0 Å². The summed E-state index contributed by atoms with van der Waals surface area (Å²) in [5.74, 6) is 0. The van der Waals surface area contributed by atoms with Crippen LogP contribution in [0.5, 0.6) is 0 Å². The van der Waals surface area contributed by atoms with E-state index in [4.69, 9.17) is 9.40 Å². The van der Waals surface area contributed by atoms with E-state index in [0.717, 1.165) is 33.3 Å². The van der Waals surface area contributed by atoms with Crippen molar-refractivity contribution in [1.29, 1.82) is 0 Å². The summed E-state index contributed by atoms with van der Waals surface area (Å²) in [6.45, 7) is 16.0. The van der Waals surface area contributed by atoms with E-state index in [9.17, 15) is 0 Å². The second kappa shape index (κ2) is 6.28. The van der Waals surface area contributed by atoms with Gasteiger partial charge in [0.05, 0.1) is 13.8 Å². The molecule has 0 spiro atoms. The number of furan rings is 1. The molecule has 0 radical (unpaired) electrons. The lowest BCUT2D eigenvalue weighted by Gasteiger charge is -2.29. The fourth-order valence-electron chi connectivity index (χ4n) is 3.74. The van der Waals surface area contributed by atoms with Gasteiger partial charge in [-0.05, 0) is 59.5 Å². The highest BCUT2D eigenvalue weighted by atomic mass is 28.3. The van der Waals surface area contributed by atoms with E-state index >= 15 is 0 Å². The fourth-order valence-corrected chi connectivity index (χ4v) is 5.45. The van der Waals surface area contributed by atoms with Gasteiger partial charge in [0.15, 0.2) is 0 Å². The van der Waals surface area contributed by atoms with E-state index in [1.165, 1.54) is 10.8 Å². The van der Waals surface area contributed by atoms with Gasteiger partial charge in [-0.1, -0.05) is 40.4 Å². The monoisotopic (exact) mass is 388 g/mol. The lowest BCUT2D eigenvalue weighted by atomic mass is 9.86. The van der Waals surface area contributed by atoms with Gasteiger partial charge in [-0.2, -0.15) is 0 Å². The van der Waals surface area contributed by atoms with Crippen LogP contribution in [0.1, 0.15) is 32.0 Å². The third-order valence-corrected chi connectivity index (χ3v) is 7.31. The molecule has 0 N–H and O–H groups in total. The summed E-state index contributed by atoms with van der Waals surface area (Å²) >= 11 is 0. The fraction of sp³-hybridized carbons (Fsp3) is 0.333. The number of hydrogen-bond acceptors (Lipinski definition) is 3. The largest absolute Gasteiger partial charge is 0.438 e. The van der Waals surface area contributed by atoms with Crippen LogP contribution in [0, 0.1) is 6.92 Å². The number of benzene rings is 1. The number of rotatable bonds is 2.